The lowest BCUT2D eigenvalue weighted by molar-refractivity contribution is 0.620. The molecule has 16 heavy (non-hydrogen) atoms. The molecule has 2 rings (SSSR count). The Hall–Kier alpha value is -0.770. The van der Waals surface area contributed by atoms with Gasteiger partial charge in [0.1, 0.15) is 5.82 Å². The third kappa shape index (κ3) is 2.48. The van der Waals surface area contributed by atoms with Gasteiger partial charge in [0, 0.05) is 19.2 Å². The molecule has 0 aromatic heterocycles. The van der Waals surface area contributed by atoms with Crippen LogP contribution in [0.15, 0.2) is 16.6 Å². The predicted octanol–water partition coefficient (Wildman–Crippen LogP) is 3.55. The minimum Gasteiger partial charge on any atom is -0.397 e. The molecular formula is C12H16BrFN2. The molecule has 1 aliphatic heterocycles. The molecule has 1 fully saturated rings. The van der Waals surface area contributed by atoms with Gasteiger partial charge in [-0.1, -0.05) is 12.8 Å². The number of nitrogens with zero attached hydrogens (tertiary/aromatic N) is 1. The van der Waals surface area contributed by atoms with Crippen molar-refractivity contribution in [2.24, 2.45) is 0 Å². The van der Waals surface area contributed by atoms with Crippen LogP contribution in [0.1, 0.15) is 25.7 Å². The zero-order valence-corrected chi connectivity index (χ0v) is 10.8. The molecule has 1 saturated heterocycles. The van der Waals surface area contributed by atoms with E-state index in [1.165, 1.54) is 18.9 Å². The van der Waals surface area contributed by atoms with Gasteiger partial charge in [-0.2, -0.15) is 0 Å². The molecule has 1 aromatic rings. The number of nitrogen functional groups attached to an aromatic ring is 1. The average molecular weight is 287 g/mol. The first-order chi connectivity index (χ1) is 7.68. The molecule has 1 aliphatic rings. The SMILES string of the molecule is Nc1cc(Br)c(F)cc1N1CCCCCC1. The molecule has 0 saturated carbocycles. The van der Waals surface area contributed by atoms with Crippen LogP contribution in [0.4, 0.5) is 15.8 Å². The minimum absolute atomic E-state index is 0.242. The molecule has 88 valence electrons. The van der Waals surface area contributed by atoms with E-state index < -0.39 is 0 Å². The molecule has 1 heterocycles. The zero-order valence-electron chi connectivity index (χ0n) is 9.18. The van der Waals surface area contributed by atoms with Crippen LogP contribution in [0.25, 0.3) is 0 Å². The van der Waals surface area contributed by atoms with Crippen LogP contribution >= 0.6 is 15.9 Å². The minimum atomic E-state index is -0.242. The van der Waals surface area contributed by atoms with Crippen LogP contribution < -0.4 is 10.6 Å². The summed E-state index contributed by atoms with van der Waals surface area (Å²) in [5.41, 5.74) is 7.42. The average Bonchev–Trinajstić information content (AvgIpc) is 2.52. The van der Waals surface area contributed by atoms with E-state index in [0.717, 1.165) is 31.6 Å². The molecule has 0 radical (unpaired) electrons. The van der Waals surface area contributed by atoms with Crippen molar-refractivity contribution < 1.29 is 4.39 Å². The van der Waals surface area contributed by atoms with Gasteiger partial charge < -0.3 is 10.6 Å². The van der Waals surface area contributed by atoms with Gasteiger partial charge in [0.05, 0.1) is 15.8 Å². The highest BCUT2D eigenvalue weighted by molar-refractivity contribution is 9.10. The summed E-state index contributed by atoms with van der Waals surface area (Å²) in [5, 5.41) is 0. The Morgan fingerprint density at radius 1 is 1.12 bits per heavy atom. The Balaban J connectivity index is 2.27. The first-order valence-corrected chi connectivity index (χ1v) is 6.47. The highest BCUT2D eigenvalue weighted by Crippen LogP contribution is 2.30. The van der Waals surface area contributed by atoms with Crippen molar-refractivity contribution in [3.05, 3.63) is 22.4 Å². The fraction of sp³-hybridized carbons (Fsp3) is 0.500. The summed E-state index contributed by atoms with van der Waals surface area (Å²) < 4.78 is 13.9. The molecular weight excluding hydrogens is 271 g/mol. The van der Waals surface area contributed by atoms with Crippen molar-refractivity contribution in [2.45, 2.75) is 25.7 Å². The van der Waals surface area contributed by atoms with Gasteiger partial charge in [0.25, 0.3) is 0 Å². The van der Waals surface area contributed by atoms with E-state index in [1.807, 2.05) is 0 Å². The summed E-state index contributed by atoms with van der Waals surface area (Å²) >= 11 is 3.15. The number of hydrogen-bond acceptors (Lipinski definition) is 2. The topological polar surface area (TPSA) is 29.3 Å². The third-order valence-electron chi connectivity index (χ3n) is 3.02. The maximum atomic E-state index is 13.5. The molecule has 2 N–H and O–H groups in total. The van der Waals surface area contributed by atoms with E-state index in [1.54, 1.807) is 6.07 Å². The molecule has 4 heteroatoms. The zero-order chi connectivity index (χ0) is 11.5. The number of halogens is 2. The van der Waals surface area contributed by atoms with Crippen molar-refractivity contribution in [1.29, 1.82) is 0 Å². The maximum absolute atomic E-state index is 13.5. The predicted molar refractivity (Wildman–Crippen MR) is 69.2 cm³/mol. The highest BCUT2D eigenvalue weighted by atomic mass is 79.9. The Labute approximate surface area is 104 Å². The molecule has 0 unspecified atom stereocenters. The summed E-state index contributed by atoms with van der Waals surface area (Å²) in [6, 6.07) is 3.18. The number of anilines is 2. The second kappa shape index (κ2) is 5.04. The van der Waals surface area contributed by atoms with Gasteiger partial charge in [-0.25, -0.2) is 4.39 Å². The molecule has 2 nitrogen and oxygen atoms in total. The standard InChI is InChI=1S/C12H16BrFN2/c13-9-7-11(15)12(8-10(9)14)16-5-3-1-2-4-6-16/h7-8H,1-6,15H2. The summed E-state index contributed by atoms with van der Waals surface area (Å²) in [6.07, 6.45) is 4.85. The van der Waals surface area contributed by atoms with E-state index in [2.05, 4.69) is 20.8 Å². The van der Waals surface area contributed by atoms with Crippen molar-refractivity contribution in [3.8, 4) is 0 Å². The van der Waals surface area contributed by atoms with E-state index in [9.17, 15) is 4.39 Å². The van der Waals surface area contributed by atoms with Gasteiger partial charge in [0.15, 0.2) is 0 Å². The van der Waals surface area contributed by atoms with E-state index in [-0.39, 0.29) is 5.82 Å². The van der Waals surface area contributed by atoms with Crippen LogP contribution in [-0.4, -0.2) is 13.1 Å². The molecule has 1 aromatic carbocycles. The maximum Gasteiger partial charge on any atom is 0.139 e. The molecule has 0 amide bonds. The Kier molecular flexibility index (Phi) is 3.69. The normalized spacial score (nSPS) is 17.2. The van der Waals surface area contributed by atoms with Crippen molar-refractivity contribution >= 4 is 27.3 Å². The molecule has 0 atom stereocenters. The largest absolute Gasteiger partial charge is 0.397 e. The first kappa shape index (κ1) is 11.7. The van der Waals surface area contributed by atoms with Gasteiger partial charge in [0.2, 0.25) is 0 Å². The monoisotopic (exact) mass is 286 g/mol. The van der Waals surface area contributed by atoms with Crippen molar-refractivity contribution in [2.75, 3.05) is 23.7 Å². The molecule has 0 aliphatic carbocycles. The fourth-order valence-electron chi connectivity index (χ4n) is 2.14. The summed E-state index contributed by atoms with van der Waals surface area (Å²) in [6.45, 7) is 1.95. The fourth-order valence-corrected chi connectivity index (χ4v) is 2.50. The lowest BCUT2D eigenvalue weighted by atomic mass is 10.2. The first-order valence-electron chi connectivity index (χ1n) is 5.68. The van der Waals surface area contributed by atoms with E-state index >= 15 is 0 Å². The van der Waals surface area contributed by atoms with Crippen LogP contribution in [0.3, 0.4) is 0 Å². The van der Waals surface area contributed by atoms with Gasteiger partial charge in [-0.3, -0.25) is 0 Å². The second-order valence-electron chi connectivity index (χ2n) is 4.23. The highest BCUT2D eigenvalue weighted by Gasteiger charge is 2.14. The summed E-state index contributed by atoms with van der Waals surface area (Å²) in [5.74, 6) is -0.242. The summed E-state index contributed by atoms with van der Waals surface area (Å²) in [4.78, 5) is 2.19. The lowest BCUT2D eigenvalue weighted by Gasteiger charge is -2.24. The van der Waals surface area contributed by atoms with Crippen LogP contribution in [-0.2, 0) is 0 Å². The Morgan fingerprint density at radius 3 is 2.38 bits per heavy atom. The number of rotatable bonds is 1. The number of hydrogen-bond donors (Lipinski definition) is 1. The van der Waals surface area contributed by atoms with Gasteiger partial charge in [-0.05, 0) is 34.8 Å². The van der Waals surface area contributed by atoms with Crippen LogP contribution in [0.2, 0.25) is 0 Å². The Bertz CT molecular complexity index is 374. The number of nitrogens with two attached hydrogens (primary N) is 1. The summed E-state index contributed by atoms with van der Waals surface area (Å²) in [7, 11) is 0. The van der Waals surface area contributed by atoms with Crippen molar-refractivity contribution in [3.63, 3.8) is 0 Å². The molecule has 0 spiro atoms. The Morgan fingerprint density at radius 2 is 1.75 bits per heavy atom. The van der Waals surface area contributed by atoms with Crippen molar-refractivity contribution in [1.82, 2.24) is 0 Å². The van der Waals surface area contributed by atoms with E-state index in [4.69, 9.17) is 5.73 Å². The quantitative estimate of drug-likeness (QED) is 0.800. The van der Waals surface area contributed by atoms with Gasteiger partial charge in [-0.15, -0.1) is 0 Å². The smallest absolute Gasteiger partial charge is 0.139 e. The lowest BCUT2D eigenvalue weighted by Crippen LogP contribution is -2.25. The van der Waals surface area contributed by atoms with Crippen LogP contribution in [0, 0.1) is 5.82 Å². The van der Waals surface area contributed by atoms with E-state index in [0.29, 0.717) is 10.2 Å². The number of benzene rings is 1. The van der Waals surface area contributed by atoms with Crippen LogP contribution in [0.5, 0.6) is 0 Å². The second-order valence-corrected chi connectivity index (χ2v) is 5.08. The van der Waals surface area contributed by atoms with Gasteiger partial charge >= 0.3 is 0 Å². The molecule has 0 bridgehead atoms. The third-order valence-corrected chi connectivity index (χ3v) is 3.62.